The van der Waals surface area contributed by atoms with E-state index < -0.39 is 0 Å². The van der Waals surface area contributed by atoms with Crippen LogP contribution in [-0.2, 0) is 0 Å². The molecule has 0 N–H and O–H groups in total. The minimum atomic E-state index is 1.12. The van der Waals surface area contributed by atoms with E-state index in [1.54, 1.807) is 0 Å². The molecule has 0 rings (SSSR count). The van der Waals surface area contributed by atoms with E-state index in [0.717, 1.165) is 4.48 Å². The van der Waals surface area contributed by atoms with Crippen LogP contribution in [0.3, 0.4) is 0 Å². The number of allylic oxidation sites excluding steroid dienone is 2. The summed E-state index contributed by atoms with van der Waals surface area (Å²) in [6.07, 6.45) is 30.4. The van der Waals surface area contributed by atoms with Crippen molar-refractivity contribution in [3.05, 3.63) is 12.2 Å². The van der Waals surface area contributed by atoms with E-state index >= 15 is 0 Å². The molecule has 0 aromatic carbocycles. The first-order valence-electron chi connectivity index (χ1n) is 12.0. The Morgan fingerprint density at radius 2 is 0.808 bits per heavy atom. The van der Waals surface area contributed by atoms with Crippen molar-refractivity contribution in [3.63, 3.8) is 0 Å². The second-order valence-corrected chi connectivity index (χ2v) is 9.37. The Kier molecular flexibility index (Phi) is 19.2. The first-order chi connectivity index (χ1) is 12.6. The van der Waals surface area contributed by atoms with Gasteiger partial charge in [-0.3, -0.25) is 0 Å². The molecule has 0 saturated carbocycles. The minimum absolute atomic E-state index is 1.12. The second-order valence-electron chi connectivity index (χ2n) is 9.37. The molecule has 0 fully saturated rings. The summed E-state index contributed by atoms with van der Waals surface area (Å²) in [6.45, 7) is 3.62. The molecule has 1 heteroatoms. The van der Waals surface area contributed by atoms with Gasteiger partial charge in [-0.15, -0.1) is 0 Å². The molecule has 0 unspecified atom stereocenters. The zero-order valence-electron chi connectivity index (χ0n) is 19.0. The molecule has 0 aromatic rings. The molecule has 0 atom stereocenters. The fourth-order valence-corrected chi connectivity index (χ4v) is 3.54. The molecule has 0 radical (unpaired) electrons. The lowest BCUT2D eigenvalue weighted by Crippen LogP contribution is -2.35. The van der Waals surface area contributed by atoms with Crippen LogP contribution in [0, 0.1) is 0 Å². The van der Waals surface area contributed by atoms with Crippen molar-refractivity contribution in [2.45, 2.75) is 122 Å². The number of hydrogen-bond donors (Lipinski definition) is 0. The largest absolute Gasteiger partial charge is 0.331 e. The number of unbranched alkanes of at least 4 members (excludes halogenated alkanes) is 16. The first kappa shape index (κ1) is 25.7. The van der Waals surface area contributed by atoms with E-state index in [-0.39, 0.29) is 0 Å². The highest BCUT2D eigenvalue weighted by molar-refractivity contribution is 4.81. The maximum absolute atomic E-state index is 2.43. The van der Waals surface area contributed by atoms with Gasteiger partial charge in [0.1, 0.15) is 0 Å². The summed E-state index contributed by atoms with van der Waals surface area (Å²) in [4.78, 5) is 0. The first-order valence-corrected chi connectivity index (χ1v) is 12.0. The van der Waals surface area contributed by atoms with Crippen LogP contribution in [0.1, 0.15) is 122 Å². The van der Waals surface area contributed by atoms with Crippen molar-refractivity contribution in [1.82, 2.24) is 0 Å². The average Bonchev–Trinajstić information content (AvgIpc) is 2.59. The summed E-state index contributed by atoms with van der Waals surface area (Å²) >= 11 is 0. The molecule has 0 aromatic heterocycles. The predicted octanol–water partition coefficient (Wildman–Crippen LogP) is 8.29. The number of quaternary nitrogens is 1. The Morgan fingerprint density at radius 3 is 1.19 bits per heavy atom. The van der Waals surface area contributed by atoms with E-state index in [9.17, 15) is 0 Å². The van der Waals surface area contributed by atoms with Crippen LogP contribution >= 0.6 is 0 Å². The minimum Gasteiger partial charge on any atom is -0.331 e. The van der Waals surface area contributed by atoms with Gasteiger partial charge in [-0.25, -0.2) is 0 Å². The Bertz CT molecular complexity index is 287. The highest BCUT2D eigenvalue weighted by Gasteiger charge is 2.04. The molecule has 0 amide bonds. The maximum Gasteiger partial charge on any atom is 0.0780 e. The monoisotopic (exact) mass is 366 g/mol. The third kappa shape index (κ3) is 23.7. The van der Waals surface area contributed by atoms with Crippen molar-refractivity contribution in [3.8, 4) is 0 Å². The van der Waals surface area contributed by atoms with E-state index in [2.05, 4.69) is 40.2 Å². The summed E-state index contributed by atoms with van der Waals surface area (Å²) in [5.41, 5.74) is 0. The molecular weight excluding hydrogens is 314 g/mol. The van der Waals surface area contributed by atoms with Crippen LogP contribution < -0.4 is 0 Å². The van der Waals surface area contributed by atoms with E-state index in [4.69, 9.17) is 0 Å². The summed E-state index contributed by atoms with van der Waals surface area (Å²) < 4.78 is 1.12. The van der Waals surface area contributed by atoms with Crippen LogP contribution in [0.25, 0.3) is 0 Å². The third-order valence-electron chi connectivity index (χ3n) is 5.34. The van der Waals surface area contributed by atoms with Gasteiger partial charge >= 0.3 is 0 Å². The zero-order chi connectivity index (χ0) is 19.3. The molecule has 0 bridgehead atoms. The molecular formula is C25H52N+. The Hall–Kier alpha value is -0.300. The van der Waals surface area contributed by atoms with Crippen molar-refractivity contribution < 1.29 is 4.48 Å². The third-order valence-corrected chi connectivity index (χ3v) is 5.34. The maximum atomic E-state index is 2.43. The fourth-order valence-electron chi connectivity index (χ4n) is 3.54. The number of rotatable bonds is 20. The lowest BCUT2D eigenvalue weighted by molar-refractivity contribution is -0.870. The number of nitrogens with zero attached hydrogens (tertiary/aromatic N) is 1. The van der Waals surface area contributed by atoms with Gasteiger partial charge in [0.25, 0.3) is 0 Å². The summed E-state index contributed by atoms with van der Waals surface area (Å²) in [7, 11) is 6.89. The van der Waals surface area contributed by atoms with E-state index in [0.29, 0.717) is 0 Å². The fraction of sp³-hybridized carbons (Fsp3) is 0.920. The van der Waals surface area contributed by atoms with E-state index in [1.165, 1.54) is 122 Å². The molecule has 1 nitrogen and oxygen atoms in total. The normalized spacial score (nSPS) is 12.3. The zero-order valence-corrected chi connectivity index (χ0v) is 19.0. The highest BCUT2D eigenvalue weighted by Crippen LogP contribution is 2.12. The van der Waals surface area contributed by atoms with Gasteiger partial charge in [0.15, 0.2) is 0 Å². The molecule has 0 heterocycles. The molecule has 156 valence electrons. The van der Waals surface area contributed by atoms with Crippen LogP contribution in [0.4, 0.5) is 0 Å². The van der Waals surface area contributed by atoms with Crippen LogP contribution in [0.2, 0.25) is 0 Å². The average molecular weight is 367 g/mol. The smallest absolute Gasteiger partial charge is 0.0780 e. The molecule has 0 saturated heterocycles. The van der Waals surface area contributed by atoms with Gasteiger partial charge in [-0.05, 0) is 38.5 Å². The summed E-state index contributed by atoms with van der Waals surface area (Å²) in [5, 5.41) is 0. The SMILES string of the molecule is CCCCCCCCC=CCCCCCCCCCCCC[N+](C)(C)C. The second kappa shape index (κ2) is 19.5. The predicted molar refractivity (Wildman–Crippen MR) is 121 cm³/mol. The summed E-state index contributed by atoms with van der Waals surface area (Å²) in [6, 6.07) is 0. The van der Waals surface area contributed by atoms with Crippen LogP contribution in [-0.4, -0.2) is 32.2 Å². The van der Waals surface area contributed by atoms with Gasteiger partial charge in [-0.1, -0.05) is 96.1 Å². The molecule has 0 aliphatic rings. The van der Waals surface area contributed by atoms with Crippen molar-refractivity contribution in [2.75, 3.05) is 27.7 Å². The molecule has 0 aliphatic heterocycles. The van der Waals surface area contributed by atoms with Gasteiger partial charge in [0.2, 0.25) is 0 Å². The van der Waals surface area contributed by atoms with Gasteiger partial charge in [0, 0.05) is 0 Å². The van der Waals surface area contributed by atoms with Gasteiger partial charge in [0.05, 0.1) is 27.7 Å². The van der Waals surface area contributed by atoms with Gasteiger partial charge in [-0.2, -0.15) is 0 Å². The molecule has 0 aliphatic carbocycles. The number of hydrogen-bond acceptors (Lipinski definition) is 0. The van der Waals surface area contributed by atoms with E-state index in [1.807, 2.05) is 0 Å². The summed E-state index contributed by atoms with van der Waals surface area (Å²) in [5.74, 6) is 0. The van der Waals surface area contributed by atoms with Crippen molar-refractivity contribution in [1.29, 1.82) is 0 Å². The lowest BCUT2D eigenvalue weighted by Gasteiger charge is -2.23. The lowest BCUT2D eigenvalue weighted by atomic mass is 10.1. The topological polar surface area (TPSA) is 0 Å². The van der Waals surface area contributed by atoms with Crippen molar-refractivity contribution >= 4 is 0 Å². The Labute approximate surface area is 167 Å². The highest BCUT2D eigenvalue weighted by atomic mass is 15.3. The van der Waals surface area contributed by atoms with Crippen LogP contribution in [0.5, 0.6) is 0 Å². The van der Waals surface area contributed by atoms with Gasteiger partial charge < -0.3 is 4.48 Å². The van der Waals surface area contributed by atoms with Crippen LogP contribution in [0.15, 0.2) is 12.2 Å². The quantitative estimate of drug-likeness (QED) is 0.115. The molecule has 26 heavy (non-hydrogen) atoms. The Balaban J connectivity index is 3.10. The Morgan fingerprint density at radius 1 is 0.462 bits per heavy atom. The molecule has 0 spiro atoms. The standard InChI is InChI=1S/C25H52N/c1-5-6-7-8-9-10-11-12-13-14-15-16-17-18-19-20-21-22-23-24-25-26(2,3)4/h12-13H,5-11,14-25H2,1-4H3/q+1. The van der Waals surface area contributed by atoms with Crippen molar-refractivity contribution in [2.24, 2.45) is 0 Å².